The number of halogens is 1. The average molecular weight is 336 g/mol. The molecule has 2 aromatic heterocycles. The Kier molecular flexibility index (Phi) is 4.41. The Morgan fingerprint density at radius 1 is 1.20 bits per heavy atom. The highest BCUT2D eigenvalue weighted by Crippen LogP contribution is 2.12. The Morgan fingerprint density at radius 3 is 2.60 bits per heavy atom. The van der Waals surface area contributed by atoms with Crippen molar-refractivity contribution in [3.05, 3.63) is 52.4 Å². The lowest BCUT2D eigenvalue weighted by molar-refractivity contribution is 0.0600. The first-order valence-electron chi connectivity index (χ1n) is 5.56. The molecule has 0 aliphatic carbocycles. The van der Waals surface area contributed by atoms with Crippen LogP contribution in [0.2, 0.25) is 0 Å². The number of aromatic nitrogens is 2. The van der Waals surface area contributed by atoms with Crippen molar-refractivity contribution in [2.24, 2.45) is 0 Å². The van der Waals surface area contributed by atoms with E-state index in [0.717, 1.165) is 0 Å². The molecule has 0 radical (unpaired) electrons. The quantitative estimate of drug-likeness (QED) is 0.870. The number of carbonyl (C=O) groups is 2. The number of ether oxygens (including phenoxy) is 1. The summed E-state index contributed by atoms with van der Waals surface area (Å²) in [4.78, 5) is 31.1. The number of pyridine rings is 2. The van der Waals surface area contributed by atoms with Gasteiger partial charge in [-0.15, -0.1) is 0 Å². The van der Waals surface area contributed by atoms with Crippen molar-refractivity contribution >= 4 is 33.6 Å². The Balaban J connectivity index is 2.10. The molecule has 0 atom stereocenters. The molecule has 0 saturated carbocycles. The van der Waals surface area contributed by atoms with E-state index in [1.165, 1.54) is 31.6 Å². The third-order valence-corrected chi connectivity index (χ3v) is 2.83. The molecule has 1 N–H and O–H groups in total. The molecule has 0 aliphatic rings. The molecule has 0 aliphatic heterocycles. The van der Waals surface area contributed by atoms with Crippen molar-refractivity contribution in [1.82, 2.24) is 9.97 Å². The molecule has 0 saturated heterocycles. The van der Waals surface area contributed by atoms with E-state index in [1.807, 2.05) is 0 Å². The Hall–Kier alpha value is -2.28. The van der Waals surface area contributed by atoms with E-state index < -0.39 is 5.97 Å². The molecule has 7 heteroatoms. The molecule has 20 heavy (non-hydrogen) atoms. The van der Waals surface area contributed by atoms with E-state index >= 15 is 0 Å². The van der Waals surface area contributed by atoms with Crippen LogP contribution in [-0.2, 0) is 4.74 Å². The number of anilines is 1. The maximum Gasteiger partial charge on any atom is 0.339 e. The van der Waals surface area contributed by atoms with Crippen molar-refractivity contribution in [1.29, 1.82) is 0 Å². The summed E-state index contributed by atoms with van der Waals surface area (Å²) in [5, 5.41) is 2.61. The number of amides is 1. The van der Waals surface area contributed by atoms with Crippen molar-refractivity contribution in [3.8, 4) is 0 Å². The number of esters is 1. The molecule has 0 fully saturated rings. The molecular weight excluding hydrogens is 326 g/mol. The molecule has 102 valence electrons. The van der Waals surface area contributed by atoms with Crippen LogP contribution in [0.4, 0.5) is 5.82 Å². The fourth-order valence-corrected chi connectivity index (χ4v) is 1.80. The smallest absolute Gasteiger partial charge is 0.339 e. The highest BCUT2D eigenvalue weighted by atomic mass is 79.9. The van der Waals surface area contributed by atoms with E-state index in [9.17, 15) is 9.59 Å². The van der Waals surface area contributed by atoms with Crippen molar-refractivity contribution in [3.63, 3.8) is 0 Å². The predicted octanol–water partition coefficient (Wildman–Crippen LogP) is 2.28. The highest BCUT2D eigenvalue weighted by molar-refractivity contribution is 9.10. The van der Waals surface area contributed by atoms with Crippen LogP contribution in [-0.4, -0.2) is 29.0 Å². The van der Waals surface area contributed by atoms with Crippen molar-refractivity contribution < 1.29 is 14.3 Å². The lowest BCUT2D eigenvalue weighted by Gasteiger charge is -2.05. The largest absolute Gasteiger partial charge is 0.465 e. The predicted molar refractivity (Wildman–Crippen MR) is 75.5 cm³/mol. The number of nitrogens with one attached hydrogen (secondary N) is 1. The van der Waals surface area contributed by atoms with Gasteiger partial charge in [0.1, 0.15) is 5.82 Å². The van der Waals surface area contributed by atoms with Gasteiger partial charge in [-0.1, -0.05) is 0 Å². The van der Waals surface area contributed by atoms with Crippen molar-refractivity contribution in [2.75, 3.05) is 12.4 Å². The topological polar surface area (TPSA) is 81.2 Å². The number of hydrogen-bond donors (Lipinski definition) is 1. The minimum atomic E-state index is -0.480. The lowest BCUT2D eigenvalue weighted by atomic mass is 10.2. The summed E-state index contributed by atoms with van der Waals surface area (Å²) < 4.78 is 5.27. The second kappa shape index (κ2) is 6.25. The van der Waals surface area contributed by atoms with E-state index in [1.54, 1.807) is 12.3 Å². The van der Waals surface area contributed by atoms with Crippen LogP contribution in [0.3, 0.4) is 0 Å². The molecule has 0 aromatic carbocycles. The van der Waals surface area contributed by atoms with E-state index in [0.29, 0.717) is 21.4 Å². The van der Waals surface area contributed by atoms with Gasteiger partial charge < -0.3 is 10.1 Å². The fraction of sp³-hybridized carbons (Fsp3) is 0.0769. The van der Waals surface area contributed by atoms with Crippen LogP contribution in [0, 0.1) is 0 Å². The second-order valence-electron chi connectivity index (χ2n) is 3.77. The number of hydrogen-bond acceptors (Lipinski definition) is 5. The summed E-state index contributed by atoms with van der Waals surface area (Å²) in [5.41, 5.74) is 0.716. The SMILES string of the molecule is COC(=O)c1ccc(NC(=O)c2cncc(Br)c2)nc1. The third kappa shape index (κ3) is 3.39. The summed E-state index contributed by atoms with van der Waals surface area (Å²) in [6.07, 6.45) is 4.36. The molecule has 2 aromatic rings. The number of carbonyl (C=O) groups excluding carboxylic acids is 2. The summed E-state index contributed by atoms with van der Waals surface area (Å²) in [5.74, 6) is -0.480. The number of methoxy groups -OCH3 is 1. The zero-order valence-electron chi connectivity index (χ0n) is 10.5. The Bertz CT molecular complexity index is 644. The molecule has 0 bridgehead atoms. The molecule has 0 spiro atoms. The van der Waals surface area contributed by atoms with Crippen LogP contribution in [0.25, 0.3) is 0 Å². The number of rotatable bonds is 3. The first kappa shape index (κ1) is 14.1. The number of nitrogens with zero attached hydrogens (tertiary/aromatic N) is 2. The second-order valence-corrected chi connectivity index (χ2v) is 4.69. The molecular formula is C13H10BrN3O3. The van der Waals surface area contributed by atoms with Gasteiger partial charge in [-0.25, -0.2) is 9.78 Å². The zero-order chi connectivity index (χ0) is 14.5. The van der Waals surface area contributed by atoms with Gasteiger partial charge in [0.15, 0.2) is 0 Å². The maximum atomic E-state index is 11.9. The van der Waals surface area contributed by atoms with Gasteiger partial charge in [-0.05, 0) is 34.1 Å². The summed E-state index contributed by atoms with van der Waals surface area (Å²) >= 11 is 3.24. The van der Waals surface area contributed by atoms with Gasteiger partial charge in [0, 0.05) is 23.1 Å². The van der Waals surface area contributed by atoms with Gasteiger partial charge in [-0.3, -0.25) is 9.78 Å². The van der Waals surface area contributed by atoms with Gasteiger partial charge in [0.2, 0.25) is 0 Å². The molecule has 2 rings (SSSR count). The Morgan fingerprint density at radius 2 is 2.00 bits per heavy atom. The lowest BCUT2D eigenvalue weighted by Crippen LogP contribution is -2.13. The summed E-state index contributed by atoms with van der Waals surface area (Å²) in [6, 6.07) is 4.69. The first-order valence-corrected chi connectivity index (χ1v) is 6.35. The fourth-order valence-electron chi connectivity index (χ4n) is 1.43. The molecule has 2 heterocycles. The van der Waals surface area contributed by atoms with Crippen LogP contribution in [0.1, 0.15) is 20.7 Å². The van der Waals surface area contributed by atoms with Gasteiger partial charge in [-0.2, -0.15) is 0 Å². The minimum Gasteiger partial charge on any atom is -0.465 e. The van der Waals surface area contributed by atoms with Crippen LogP contribution in [0.15, 0.2) is 41.3 Å². The van der Waals surface area contributed by atoms with Gasteiger partial charge in [0.05, 0.1) is 18.2 Å². The average Bonchev–Trinajstić information content (AvgIpc) is 2.47. The maximum absolute atomic E-state index is 11.9. The van der Waals surface area contributed by atoms with Crippen molar-refractivity contribution in [2.45, 2.75) is 0 Å². The van der Waals surface area contributed by atoms with Gasteiger partial charge in [0.25, 0.3) is 5.91 Å². The zero-order valence-corrected chi connectivity index (χ0v) is 12.0. The molecule has 6 nitrogen and oxygen atoms in total. The summed E-state index contributed by atoms with van der Waals surface area (Å²) in [6.45, 7) is 0. The van der Waals surface area contributed by atoms with E-state index in [-0.39, 0.29) is 5.91 Å². The van der Waals surface area contributed by atoms with Crippen LogP contribution >= 0.6 is 15.9 Å². The van der Waals surface area contributed by atoms with E-state index in [4.69, 9.17) is 0 Å². The molecule has 1 amide bonds. The standard InChI is InChI=1S/C13H10BrN3O3/c1-20-13(19)8-2-3-11(16-6-8)17-12(18)9-4-10(14)7-15-5-9/h2-7H,1H3,(H,16,17,18). The Labute approximate surface area is 123 Å². The monoisotopic (exact) mass is 335 g/mol. The van der Waals surface area contributed by atoms with E-state index in [2.05, 4.69) is 36.0 Å². The van der Waals surface area contributed by atoms with Crippen LogP contribution in [0.5, 0.6) is 0 Å². The summed E-state index contributed by atoms with van der Waals surface area (Å²) in [7, 11) is 1.29. The van der Waals surface area contributed by atoms with Crippen LogP contribution < -0.4 is 5.32 Å². The normalized spacial score (nSPS) is 9.90. The van der Waals surface area contributed by atoms with Gasteiger partial charge >= 0.3 is 5.97 Å². The third-order valence-electron chi connectivity index (χ3n) is 2.39. The first-order chi connectivity index (χ1) is 9.60. The highest BCUT2D eigenvalue weighted by Gasteiger charge is 2.09. The minimum absolute atomic E-state index is 0.314. The molecule has 0 unspecified atom stereocenters.